The Labute approximate surface area is 104 Å². The van der Waals surface area contributed by atoms with Gasteiger partial charge in [-0.05, 0) is 17.5 Å². The van der Waals surface area contributed by atoms with Crippen LogP contribution in [-0.4, -0.2) is 25.5 Å². The molecule has 1 aromatic rings. The van der Waals surface area contributed by atoms with E-state index < -0.39 is 5.97 Å². The van der Waals surface area contributed by atoms with Gasteiger partial charge in [0.15, 0.2) is 6.61 Å². The summed E-state index contributed by atoms with van der Waals surface area (Å²) in [7, 11) is 1.48. The quantitative estimate of drug-likeness (QED) is 0.490. The van der Waals surface area contributed by atoms with E-state index >= 15 is 0 Å². The van der Waals surface area contributed by atoms with Crippen molar-refractivity contribution in [2.24, 2.45) is 0 Å². The van der Waals surface area contributed by atoms with Gasteiger partial charge in [0.05, 0.1) is 0 Å². The van der Waals surface area contributed by atoms with E-state index in [0.717, 1.165) is 4.90 Å². The summed E-state index contributed by atoms with van der Waals surface area (Å²) in [4.78, 5) is 23.0. The summed E-state index contributed by atoms with van der Waals surface area (Å²) in [6, 6.07) is 9.63. The highest BCUT2D eigenvalue weighted by Crippen LogP contribution is 2.17. The molecule has 0 atom stereocenters. The molecule has 0 saturated heterocycles. The minimum Gasteiger partial charge on any atom is -0.452 e. The van der Waals surface area contributed by atoms with Gasteiger partial charge >= 0.3 is 5.97 Å². The van der Waals surface area contributed by atoms with Crippen LogP contribution in [-0.2, 0) is 14.3 Å². The van der Waals surface area contributed by atoms with Crippen LogP contribution in [0.15, 0.2) is 46.7 Å². The number of likely N-dealkylation sites (N-methyl/N-ethyl adjacent to an activating group) is 1. The highest BCUT2D eigenvalue weighted by Gasteiger charge is 2.01. The Bertz CT molecular complexity index is 403. The standard InChI is InChI=1S/C12H13NO3S/c1-13-11(14)9-16-12(15)7-8-17-10-5-3-2-4-6-10/h2-8H,9H2,1H3,(H,13,14)/b8-7+. The van der Waals surface area contributed by atoms with Gasteiger partial charge in [-0.15, -0.1) is 0 Å². The molecule has 0 saturated carbocycles. The van der Waals surface area contributed by atoms with Gasteiger partial charge in [-0.3, -0.25) is 4.79 Å². The molecule has 1 aromatic carbocycles. The molecule has 4 nitrogen and oxygen atoms in total. The van der Waals surface area contributed by atoms with Crippen molar-refractivity contribution in [1.82, 2.24) is 5.32 Å². The van der Waals surface area contributed by atoms with Gasteiger partial charge in [0.25, 0.3) is 5.91 Å². The maximum atomic E-state index is 11.2. The molecule has 0 bridgehead atoms. The number of esters is 1. The molecule has 17 heavy (non-hydrogen) atoms. The molecular formula is C12H13NO3S. The van der Waals surface area contributed by atoms with Gasteiger partial charge in [-0.1, -0.05) is 30.0 Å². The van der Waals surface area contributed by atoms with E-state index in [1.807, 2.05) is 30.3 Å². The zero-order chi connectivity index (χ0) is 12.5. The molecule has 0 radical (unpaired) electrons. The van der Waals surface area contributed by atoms with Crippen molar-refractivity contribution in [2.75, 3.05) is 13.7 Å². The lowest BCUT2D eigenvalue weighted by Crippen LogP contribution is -2.24. The van der Waals surface area contributed by atoms with Crippen LogP contribution in [0.3, 0.4) is 0 Å². The van der Waals surface area contributed by atoms with Crippen molar-refractivity contribution in [2.45, 2.75) is 4.90 Å². The molecule has 5 heteroatoms. The molecule has 90 valence electrons. The lowest BCUT2D eigenvalue weighted by Gasteiger charge is -1.99. The normalized spacial score (nSPS) is 10.2. The van der Waals surface area contributed by atoms with Gasteiger partial charge in [0.1, 0.15) is 0 Å². The van der Waals surface area contributed by atoms with Crippen molar-refractivity contribution >= 4 is 23.6 Å². The summed E-state index contributed by atoms with van der Waals surface area (Å²) in [6.45, 7) is -0.254. The fraction of sp³-hybridized carbons (Fsp3) is 0.167. The maximum absolute atomic E-state index is 11.2. The van der Waals surface area contributed by atoms with Crippen molar-refractivity contribution < 1.29 is 14.3 Å². The first-order valence-corrected chi connectivity index (χ1v) is 5.86. The summed E-state index contributed by atoms with van der Waals surface area (Å²) in [5.74, 6) is -0.862. The largest absolute Gasteiger partial charge is 0.452 e. The summed E-state index contributed by atoms with van der Waals surface area (Å²) in [5, 5.41) is 3.98. The van der Waals surface area contributed by atoms with Crippen molar-refractivity contribution in [3.05, 3.63) is 41.8 Å². The maximum Gasteiger partial charge on any atom is 0.331 e. The van der Waals surface area contributed by atoms with E-state index in [1.165, 1.54) is 24.9 Å². The Kier molecular flexibility index (Phi) is 5.88. The number of hydrogen-bond donors (Lipinski definition) is 1. The van der Waals surface area contributed by atoms with Gasteiger partial charge < -0.3 is 10.1 Å². The fourth-order valence-electron chi connectivity index (χ4n) is 0.924. The van der Waals surface area contributed by atoms with E-state index in [4.69, 9.17) is 0 Å². The monoisotopic (exact) mass is 251 g/mol. The fourth-order valence-corrected chi connectivity index (χ4v) is 1.57. The highest BCUT2D eigenvalue weighted by atomic mass is 32.2. The third kappa shape index (κ3) is 5.77. The number of carbonyl (C=O) groups is 2. The first-order chi connectivity index (χ1) is 8.22. The number of benzene rings is 1. The zero-order valence-electron chi connectivity index (χ0n) is 9.38. The van der Waals surface area contributed by atoms with Gasteiger partial charge in [-0.25, -0.2) is 4.79 Å². The molecule has 0 aromatic heterocycles. The number of amides is 1. The zero-order valence-corrected chi connectivity index (χ0v) is 10.2. The molecule has 0 fully saturated rings. The molecule has 0 spiro atoms. The Morgan fingerprint density at radius 3 is 2.71 bits per heavy atom. The van der Waals surface area contributed by atoms with Gasteiger partial charge in [-0.2, -0.15) is 0 Å². The number of rotatable bonds is 5. The smallest absolute Gasteiger partial charge is 0.331 e. The molecule has 0 heterocycles. The van der Waals surface area contributed by atoms with Crippen molar-refractivity contribution in [3.63, 3.8) is 0 Å². The lowest BCUT2D eigenvalue weighted by atomic mass is 10.4. The Morgan fingerprint density at radius 1 is 1.35 bits per heavy atom. The second-order valence-corrected chi connectivity index (χ2v) is 3.99. The second kappa shape index (κ2) is 7.51. The van der Waals surface area contributed by atoms with Crippen LogP contribution in [0.2, 0.25) is 0 Å². The van der Waals surface area contributed by atoms with Crippen molar-refractivity contribution in [1.29, 1.82) is 0 Å². The number of thioether (sulfide) groups is 1. The number of ether oxygens (including phenoxy) is 1. The first kappa shape index (κ1) is 13.3. The minimum absolute atomic E-state index is 0.254. The third-order valence-electron chi connectivity index (χ3n) is 1.78. The topological polar surface area (TPSA) is 55.4 Å². The van der Waals surface area contributed by atoms with E-state index in [2.05, 4.69) is 10.1 Å². The van der Waals surface area contributed by atoms with Crippen molar-refractivity contribution in [3.8, 4) is 0 Å². The van der Waals surface area contributed by atoms with E-state index in [0.29, 0.717) is 0 Å². The Hall–Kier alpha value is -1.75. The molecule has 0 aliphatic rings. The molecule has 1 amide bonds. The highest BCUT2D eigenvalue weighted by molar-refractivity contribution is 8.02. The molecule has 0 aliphatic carbocycles. The predicted octanol–water partition coefficient (Wildman–Crippen LogP) is 1.58. The molecule has 1 rings (SSSR count). The summed E-state index contributed by atoms with van der Waals surface area (Å²) < 4.78 is 4.68. The van der Waals surface area contributed by atoms with E-state index in [-0.39, 0.29) is 12.5 Å². The van der Waals surface area contributed by atoms with Gasteiger partial charge in [0.2, 0.25) is 0 Å². The molecule has 1 N–H and O–H groups in total. The number of hydrogen-bond acceptors (Lipinski definition) is 4. The lowest BCUT2D eigenvalue weighted by molar-refractivity contribution is -0.143. The van der Waals surface area contributed by atoms with Crippen LogP contribution in [0.4, 0.5) is 0 Å². The minimum atomic E-state index is -0.531. The number of carbonyl (C=O) groups excluding carboxylic acids is 2. The van der Waals surface area contributed by atoms with Gasteiger partial charge in [0, 0.05) is 18.0 Å². The van der Waals surface area contributed by atoms with Crippen LogP contribution in [0.25, 0.3) is 0 Å². The Balaban J connectivity index is 2.29. The average Bonchev–Trinajstić information content (AvgIpc) is 2.37. The number of nitrogens with one attached hydrogen (secondary N) is 1. The average molecular weight is 251 g/mol. The predicted molar refractivity (Wildman–Crippen MR) is 66.5 cm³/mol. The molecule has 0 aliphatic heterocycles. The Morgan fingerprint density at radius 2 is 2.06 bits per heavy atom. The molecular weight excluding hydrogens is 238 g/mol. The summed E-state index contributed by atoms with van der Waals surface area (Å²) in [5.41, 5.74) is 0. The van der Waals surface area contributed by atoms with Crippen LogP contribution in [0.5, 0.6) is 0 Å². The van der Waals surface area contributed by atoms with Crippen LogP contribution in [0, 0.1) is 0 Å². The van der Waals surface area contributed by atoms with E-state index in [9.17, 15) is 9.59 Å². The van der Waals surface area contributed by atoms with Crippen LogP contribution in [0.1, 0.15) is 0 Å². The van der Waals surface area contributed by atoms with Crippen LogP contribution < -0.4 is 5.32 Å². The molecule has 0 unspecified atom stereocenters. The third-order valence-corrected chi connectivity index (χ3v) is 2.59. The second-order valence-electron chi connectivity index (χ2n) is 3.01. The summed E-state index contributed by atoms with van der Waals surface area (Å²) in [6.07, 6.45) is 1.29. The van der Waals surface area contributed by atoms with Crippen LogP contribution >= 0.6 is 11.8 Å². The summed E-state index contributed by atoms with van der Waals surface area (Å²) >= 11 is 1.41. The SMILES string of the molecule is CNC(=O)COC(=O)/C=C/Sc1ccccc1. The first-order valence-electron chi connectivity index (χ1n) is 4.98. The van der Waals surface area contributed by atoms with E-state index in [1.54, 1.807) is 5.41 Å².